The fraction of sp³-hybridized carbons (Fsp3) is 0.696. The fourth-order valence-electron chi connectivity index (χ4n) is 4.29. The van der Waals surface area contributed by atoms with E-state index >= 15 is 0 Å². The molecule has 1 aliphatic carbocycles. The molecule has 1 saturated carbocycles. The summed E-state index contributed by atoms with van der Waals surface area (Å²) in [4.78, 5) is 19.6. The first-order chi connectivity index (χ1) is 15.3. The van der Waals surface area contributed by atoms with Crippen molar-refractivity contribution < 1.29 is 19.0 Å². The summed E-state index contributed by atoms with van der Waals surface area (Å²) in [5, 5.41) is 4.68. The SMILES string of the molecule is CC(C)(C)OC(=O)N(CC1CCOCC1)c1cc(OC2CCCCC2)nn2c(I)cnc12. The largest absolute Gasteiger partial charge is 0.473 e. The minimum Gasteiger partial charge on any atom is -0.473 e. The van der Waals surface area contributed by atoms with Crippen molar-refractivity contribution in [3.05, 3.63) is 16.0 Å². The number of amides is 1. The third-order valence-corrected chi connectivity index (χ3v) is 6.65. The van der Waals surface area contributed by atoms with Crippen molar-refractivity contribution in [3.63, 3.8) is 0 Å². The Balaban J connectivity index is 1.70. The maximum Gasteiger partial charge on any atom is 0.414 e. The molecule has 1 amide bonds. The van der Waals surface area contributed by atoms with Gasteiger partial charge in [-0.1, -0.05) is 6.42 Å². The number of aromatic nitrogens is 3. The van der Waals surface area contributed by atoms with Crippen LogP contribution in [0.1, 0.15) is 65.7 Å². The molecular weight excluding hydrogens is 523 g/mol. The van der Waals surface area contributed by atoms with E-state index in [4.69, 9.17) is 14.2 Å². The van der Waals surface area contributed by atoms with Crippen LogP contribution in [0.25, 0.3) is 5.65 Å². The topological polar surface area (TPSA) is 78.2 Å². The quantitative estimate of drug-likeness (QED) is 0.471. The fourth-order valence-corrected chi connectivity index (χ4v) is 4.76. The molecule has 1 saturated heterocycles. The van der Waals surface area contributed by atoms with Gasteiger partial charge in [0.05, 0.1) is 11.9 Å². The second kappa shape index (κ2) is 10.1. The van der Waals surface area contributed by atoms with Gasteiger partial charge in [0.1, 0.15) is 15.4 Å². The molecule has 0 bridgehead atoms. The van der Waals surface area contributed by atoms with E-state index in [2.05, 4.69) is 32.7 Å². The average Bonchev–Trinajstić information content (AvgIpc) is 3.13. The standard InChI is InChI=1S/C23H33IN4O4/c1-23(2,3)32-22(29)27(15-16-9-11-30-12-10-16)18-13-20(31-17-7-5-4-6-8-17)26-28-19(24)14-25-21(18)28/h13-14,16-17H,4-12,15H2,1-3H3. The molecule has 0 radical (unpaired) electrons. The lowest BCUT2D eigenvalue weighted by molar-refractivity contribution is 0.0515. The lowest BCUT2D eigenvalue weighted by atomic mass is 9.98. The summed E-state index contributed by atoms with van der Waals surface area (Å²) >= 11 is 2.21. The van der Waals surface area contributed by atoms with Crippen molar-refractivity contribution in [2.24, 2.45) is 5.92 Å². The van der Waals surface area contributed by atoms with Crippen LogP contribution in [0, 0.1) is 9.62 Å². The Kier molecular flexibility index (Phi) is 7.44. The highest BCUT2D eigenvalue weighted by atomic mass is 127. The Bertz CT molecular complexity index is 930. The van der Waals surface area contributed by atoms with Crippen LogP contribution in [0.15, 0.2) is 12.3 Å². The number of carbonyl (C=O) groups is 1. The smallest absolute Gasteiger partial charge is 0.414 e. The number of nitrogens with zero attached hydrogens (tertiary/aromatic N) is 4. The second-order valence-electron chi connectivity index (χ2n) is 9.71. The molecule has 2 aliphatic rings. The molecule has 0 atom stereocenters. The first kappa shape index (κ1) is 23.5. The Morgan fingerprint density at radius 3 is 2.62 bits per heavy atom. The lowest BCUT2D eigenvalue weighted by Gasteiger charge is -2.32. The molecule has 176 valence electrons. The van der Waals surface area contributed by atoms with Gasteiger partial charge in [0, 0.05) is 25.8 Å². The van der Waals surface area contributed by atoms with Crippen LogP contribution in [0.4, 0.5) is 10.5 Å². The minimum absolute atomic E-state index is 0.160. The van der Waals surface area contributed by atoms with Crippen LogP contribution in [-0.4, -0.2) is 52.2 Å². The number of hydrogen-bond donors (Lipinski definition) is 0. The number of rotatable bonds is 5. The van der Waals surface area contributed by atoms with Gasteiger partial charge in [-0.15, -0.1) is 5.10 Å². The zero-order valence-corrected chi connectivity index (χ0v) is 21.3. The van der Waals surface area contributed by atoms with Gasteiger partial charge >= 0.3 is 6.09 Å². The molecule has 0 unspecified atom stereocenters. The van der Waals surface area contributed by atoms with Gasteiger partial charge in [0.2, 0.25) is 5.88 Å². The molecule has 8 nitrogen and oxygen atoms in total. The van der Waals surface area contributed by atoms with Crippen molar-refractivity contribution in [3.8, 4) is 5.88 Å². The highest BCUT2D eigenvalue weighted by Crippen LogP contribution is 2.31. The number of ether oxygens (including phenoxy) is 3. The predicted octanol–water partition coefficient (Wildman–Crippen LogP) is 5.21. The second-order valence-corrected chi connectivity index (χ2v) is 10.8. The maximum atomic E-state index is 13.4. The van der Waals surface area contributed by atoms with Crippen molar-refractivity contribution in [1.82, 2.24) is 14.6 Å². The van der Waals surface area contributed by atoms with Crippen molar-refractivity contribution in [2.45, 2.75) is 77.4 Å². The van der Waals surface area contributed by atoms with E-state index in [0.717, 1.165) is 42.6 Å². The predicted molar refractivity (Wildman–Crippen MR) is 130 cm³/mol. The molecular formula is C23H33IN4O4. The Morgan fingerprint density at radius 2 is 1.94 bits per heavy atom. The Morgan fingerprint density at radius 1 is 1.22 bits per heavy atom. The van der Waals surface area contributed by atoms with Gasteiger partial charge in [-0.2, -0.15) is 0 Å². The summed E-state index contributed by atoms with van der Waals surface area (Å²) in [5.41, 5.74) is 0.706. The summed E-state index contributed by atoms with van der Waals surface area (Å²) in [6.45, 7) is 7.64. The number of imidazole rings is 1. The zero-order chi connectivity index (χ0) is 22.7. The minimum atomic E-state index is -0.598. The summed E-state index contributed by atoms with van der Waals surface area (Å²) in [6.07, 6.45) is 9.06. The molecule has 0 aromatic carbocycles. The molecule has 9 heteroatoms. The van der Waals surface area contributed by atoms with Crippen LogP contribution in [-0.2, 0) is 9.47 Å². The van der Waals surface area contributed by atoms with E-state index in [1.807, 2.05) is 26.8 Å². The molecule has 0 spiro atoms. The van der Waals surface area contributed by atoms with Crippen LogP contribution in [0.5, 0.6) is 5.88 Å². The van der Waals surface area contributed by atoms with Gasteiger partial charge in [-0.05, 0) is 87.8 Å². The highest BCUT2D eigenvalue weighted by Gasteiger charge is 2.30. The van der Waals surface area contributed by atoms with E-state index < -0.39 is 5.60 Å². The van der Waals surface area contributed by atoms with E-state index in [1.54, 1.807) is 15.6 Å². The lowest BCUT2D eigenvalue weighted by Crippen LogP contribution is -2.41. The summed E-state index contributed by atoms with van der Waals surface area (Å²) < 4.78 is 20.2. The Labute approximate surface area is 203 Å². The maximum absolute atomic E-state index is 13.4. The third kappa shape index (κ3) is 5.84. The van der Waals surface area contributed by atoms with Gasteiger partial charge in [0.15, 0.2) is 5.65 Å². The molecule has 4 rings (SSSR count). The third-order valence-electron chi connectivity index (χ3n) is 5.91. The van der Waals surface area contributed by atoms with Gasteiger partial charge in [-0.3, -0.25) is 4.90 Å². The highest BCUT2D eigenvalue weighted by molar-refractivity contribution is 14.1. The van der Waals surface area contributed by atoms with E-state index in [1.165, 1.54) is 19.3 Å². The number of fused-ring (bicyclic) bond motifs is 1. The van der Waals surface area contributed by atoms with Crippen LogP contribution in [0.3, 0.4) is 0 Å². The van der Waals surface area contributed by atoms with Crippen molar-refractivity contribution in [1.29, 1.82) is 0 Å². The number of carbonyl (C=O) groups excluding carboxylic acids is 1. The summed E-state index contributed by atoms with van der Waals surface area (Å²) in [6, 6.07) is 1.86. The zero-order valence-electron chi connectivity index (χ0n) is 19.2. The first-order valence-corrected chi connectivity index (χ1v) is 12.7. The van der Waals surface area contributed by atoms with E-state index in [-0.39, 0.29) is 12.2 Å². The van der Waals surface area contributed by atoms with E-state index in [9.17, 15) is 4.79 Å². The molecule has 1 aliphatic heterocycles. The van der Waals surface area contributed by atoms with Gasteiger partial charge < -0.3 is 14.2 Å². The molecule has 2 fully saturated rings. The number of hydrogen-bond acceptors (Lipinski definition) is 6. The molecule has 2 aromatic rings. The molecule has 0 N–H and O–H groups in total. The van der Waals surface area contributed by atoms with E-state index in [0.29, 0.717) is 29.7 Å². The van der Waals surface area contributed by atoms with Gasteiger partial charge in [-0.25, -0.2) is 14.3 Å². The van der Waals surface area contributed by atoms with Crippen molar-refractivity contribution in [2.75, 3.05) is 24.7 Å². The van der Waals surface area contributed by atoms with Crippen LogP contribution < -0.4 is 9.64 Å². The summed E-state index contributed by atoms with van der Waals surface area (Å²) in [5.74, 6) is 0.858. The van der Waals surface area contributed by atoms with Gasteiger partial charge in [0.25, 0.3) is 0 Å². The number of halogens is 1. The molecule has 3 heterocycles. The van der Waals surface area contributed by atoms with Crippen LogP contribution >= 0.6 is 22.6 Å². The summed E-state index contributed by atoms with van der Waals surface area (Å²) in [7, 11) is 0. The average molecular weight is 556 g/mol. The first-order valence-electron chi connectivity index (χ1n) is 11.6. The molecule has 2 aromatic heterocycles. The Hall–Kier alpha value is -1.62. The molecule has 32 heavy (non-hydrogen) atoms. The monoisotopic (exact) mass is 556 g/mol. The number of anilines is 1. The van der Waals surface area contributed by atoms with Crippen LogP contribution in [0.2, 0.25) is 0 Å². The normalized spacial score (nSPS) is 18.6. The van der Waals surface area contributed by atoms with Crippen molar-refractivity contribution >= 4 is 40.0 Å².